The summed E-state index contributed by atoms with van der Waals surface area (Å²) in [6.07, 6.45) is 0.677. The molecule has 5 nitrogen and oxygen atoms in total. The van der Waals surface area contributed by atoms with E-state index >= 15 is 0 Å². The van der Waals surface area contributed by atoms with Gasteiger partial charge in [-0.25, -0.2) is 9.78 Å². The van der Waals surface area contributed by atoms with Gasteiger partial charge in [-0.15, -0.1) is 0 Å². The maximum Gasteiger partial charge on any atom is 0.410 e. The van der Waals surface area contributed by atoms with E-state index in [1.807, 2.05) is 45.0 Å². The van der Waals surface area contributed by atoms with Gasteiger partial charge in [0.2, 0.25) is 0 Å². The third-order valence-corrected chi connectivity index (χ3v) is 4.43. The maximum absolute atomic E-state index is 12.1. The summed E-state index contributed by atoms with van der Waals surface area (Å²) >= 11 is 1.59. The van der Waals surface area contributed by atoms with Crippen molar-refractivity contribution in [1.82, 2.24) is 9.88 Å². The van der Waals surface area contributed by atoms with Gasteiger partial charge in [-0.2, -0.15) is 0 Å². The molecule has 0 radical (unpaired) electrons. The molecule has 1 aromatic carbocycles. The van der Waals surface area contributed by atoms with E-state index in [0.29, 0.717) is 23.6 Å². The summed E-state index contributed by atoms with van der Waals surface area (Å²) in [4.78, 5) is 18.3. The molecule has 2 aromatic rings. The molecule has 3 rings (SSSR count). The number of benzene rings is 1. The minimum atomic E-state index is -0.456. The van der Waals surface area contributed by atoms with Crippen LogP contribution in [0.3, 0.4) is 0 Å². The molecule has 1 saturated heterocycles. The Morgan fingerprint density at radius 1 is 1.41 bits per heavy atom. The minimum Gasteiger partial charge on any atom is -0.444 e. The number of carbonyl (C=O) groups is 1. The molecule has 1 atom stereocenters. The molecule has 118 valence electrons. The Morgan fingerprint density at radius 2 is 2.18 bits per heavy atom. The Bertz CT molecular complexity index is 644. The van der Waals surface area contributed by atoms with E-state index in [-0.39, 0.29) is 6.09 Å². The van der Waals surface area contributed by atoms with Gasteiger partial charge in [0.15, 0.2) is 5.58 Å². The fraction of sp³-hybridized carbons (Fsp3) is 0.500. The second-order valence-corrected chi connectivity index (χ2v) is 7.65. The van der Waals surface area contributed by atoms with E-state index in [9.17, 15) is 4.79 Å². The van der Waals surface area contributed by atoms with Gasteiger partial charge < -0.3 is 14.1 Å². The van der Waals surface area contributed by atoms with E-state index in [1.165, 1.54) is 0 Å². The molecule has 1 aliphatic heterocycles. The number of carbonyl (C=O) groups excluding carboxylic acids is 1. The first-order chi connectivity index (χ1) is 10.4. The molecule has 2 heterocycles. The summed E-state index contributed by atoms with van der Waals surface area (Å²) in [5.74, 6) is 0. The number of oxazole rings is 1. The number of hydrogen-bond donors (Lipinski definition) is 0. The van der Waals surface area contributed by atoms with Crippen molar-refractivity contribution in [3.05, 3.63) is 24.3 Å². The molecule has 22 heavy (non-hydrogen) atoms. The summed E-state index contributed by atoms with van der Waals surface area (Å²) in [5.41, 5.74) is 1.21. The average Bonchev–Trinajstić information content (AvgIpc) is 3.02. The van der Waals surface area contributed by atoms with Gasteiger partial charge in [0.1, 0.15) is 11.1 Å². The normalized spacial score (nSPS) is 18.9. The van der Waals surface area contributed by atoms with Crippen molar-refractivity contribution in [1.29, 1.82) is 0 Å². The Kier molecular flexibility index (Phi) is 4.04. The van der Waals surface area contributed by atoms with E-state index in [0.717, 1.165) is 17.5 Å². The molecule has 1 aliphatic rings. The van der Waals surface area contributed by atoms with Crippen LogP contribution in [0, 0.1) is 0 Å². The molecule has 6 heteroatoms. The summed E-state index contributed by atoms with van der Waals surface area (Å²) < 4.78 is 11.1. The lowest BCUT2D eigenvalue weighted by Gasteiger charge is -2.24. The van der Waals surface area contributed by atoms with Crippen LogP contribution < -0.4 is 0 Å². The number of likely N-dealkylation sites (tertiary alicyclic amines) is 1. The van der Waals surface area contributed by atoms with Crippen molar-refractivity contribution in [2.24, 2.45) is 0 Å². The van der Waals surface area contributed by atoms with Crippen LogP contribution in [0.1, 0.15) is 27.2 Å². The highest BCUT2D eigenvalue weighted by molar-refractivity contribution is 7.99. The first-order valence-corrected chi connectivity index (χ1v) is 8.29. The van der Waals surface area contributed by atoms with E-state index < -0.39 is 5.60 Å². The summed E-state index contributed by atoms with van der Waals surface area (Å²) in [7, 11) is 0. The van der Waals surface area contributed by atoms with Crippen LogP contribution >= 0.6 is 11.8 Å². The molecule has 1 fully saturated rings. The lowest BCUT2D eigenvalue weighted by atomic mass is 10.2. The van der Waals surface area contributed by atoms with Gasteiger partial charge in [-0.1, -0.05) is 23.9 Å². The first-order valence-electron chi connectivity index (χ1n) is 7.41. The number of thioether (sulfide) groups is 1. The maximum atomic E-state index is 12.1. The van der Waals surface area contributed by atoms with Gasteiger partial charge in [0.25, 0.3) is 5.22 Å². The minimum absolute atomic E-state index is 0.242. The third-order valence-electron chi connectivity index (χ3n) is 3.34. The molecule has 0 spiro atoms. The molecule has 0 saturated carbocycles. The van der Waals surface area contributed by atoms with Crippen molar-refractivity contribution in [2.75, 3.05) is 13.1 Å². The summed E-state index contributed by atoms with van der Waals surface area (Å²) in [6, 6.07) is 7.72. The zero-order valence-electron chi connectivity index (χ0n) is 13.0. The Balaban J connectivity index is 1.60. The molecule has 0 unspecified atom stereocenters. The SMILES string of the molecule is CC(C)(C)OC(=O)N1CC[C@H](Sc2nc3ccccc3o2)C1. The molecular formula is C16H20N2O3S. The average molecular weight is 320 g/mol. The van der Waals surface area contributed by atoms with Crippen molar-refractivity contribution in [3.8, 4) is 0 Å². The van der Waals surface area contributed by atoms with Gasteiger partial charge >= 0.3 is 6.09 Å². The fourth-order valence-electron chi connectivity index (χ4n) is 2.36. The zero-order valence-corrected chi connectivity index (χ0v) is 13.9. The van der Waals surface area contributed by atoms with Crippen LogP contribution in [0.15, 0.2) is 33.9 Å². The number of para-hydroxylation sites is 2. The van der Waals surface area contributed by atoms with E-state index in [4.69, 9.17) is 9.15 Å². The Labute approximate surface area is 134 Å². The monoisotopic (exact) mass is 320 g/mol. The fourth-order valence-corrected chi connectivity index (χ4v) is 3.41. The first kappa shape index (κ1) is 15.2. The number of fused-ring (bicyclic) bond motifs is 1. The number of rotatable bonds is 2. The van der Waals surface area contributed by atoms with Gasteiger partial charge in [0.05, 0.1) is 0 Å². The van der Waals surface area contributed by atoms with Crippen LogP contribution in [0.5, 0.6) is 0 Å². The van der Waals surface area contributed by atoms with E-state index in [2.05, 4.69) is 4.98 Å². The second-order valence-electron chi connectivity index (χ2n) is 6.40. The quantitative estimate of drug-likeness (QED) is 0.839. The third kappa shape index (κ3) is 3.55. The van der Waals surface area contributed by atoms with Crippen LogP contribution in [0.25, 0.3) is 11.1 Å². The van der Waals surface area contributed by atoms with Crippen LogP contribution in [-0.2, 0) is 4.74 Å². The van der Waals surface area contributed by atoms with Gasteiger partial charge in [0, 0.05) is 18.3 Å². The van der Waals surface area contributed by atoms with Crippen LogP contribution in [-0.4, -0.2) is 39.9 Å². The van der Waals surface area contributed by atoms with Crippen molar-refractivity contribution >= 4 is 29.0 Å². The lowest BCUT2D eigenvalue weighted by Crippen LogP contribution is -2.35. The highest BCUT2D eigenvalue weighted by Crippen LogP contribution is 2.31. The molecule has 1 aromatic heterocycles. The summed E-state index contributed by atoms with van der Waals surface area (Å²) in [6.45, 7) is 7.02. The second kappa shape index (κ2) is 5.83. The highest BCUT2D eigenvalue weighted by atomic mass is 32.2. The predicted octanol–water partition coefficient (Wildman–Crippen LogP) is 3.93. The topological polar surface area (TPSA) is 55.6 Å². The number of aromatic nitrogens is 1. The van der Waals surface area contributed by atoms with Crippen LogP contribution in [0.4, 0.5) is 4.79 Å². The van der Waals surface area contributed by atoms with Crippen molar-refractivity contribution in [3.63, 3.8) is 0 Å². The van der Waals surface area contributed by atoms with Gasteiger partial charge in [-0.3, -0.25) is 0 Å². The molecule has 1 amide bonds. The Morgan fingerprint density at radius 3 is 2.91 bits per heavy atom. The largest absolute Gasteiger partial charge is 0.444 e. The number of amides is 1. The molecule has 0 bridgehead atoms. The number of hydrogen-bond acceptors (Lipinski definition) is 5. The predicted molar refractivity (Wildman–Crippen MR) is 86.1 cm³/mol. The van der Waals surface area contributed by atoms with Crippen LogP contribution in [0.2, 0.25) is 0 Å². The number of nitrogens with zero attached hydrogens (tertiary/aromatic N) is 2. The lowest BCUT2D eigenvalue weighted by molar-refractivity contribution is 0.0295. The summed E-state index contributed by atoms with van der Waals surface area (Å²) in [5, 5.41) is 0.956. The number of ether oxygens (including phenoxy) is 1. The van der Waals surface area contributed by atoms with Crippen molar-refractivity contribution < 1.29 is 13.9 Å². The molecule has 0 N–H and O–H groups in total. The van der Waals surface area contributed by atoms with Gasteiger partial charge in [-0.05, 0) is 39.3 Å². The highest BCUT2D eigenvalue weighted by Gasteiger charge is 2.31. The molecule has 0 aliphatic carbocycles. The zero-order chi connectivity index (χ0) is 15.7. The van der Waals surface area contributed by atoms with E-state index in [1.54, 1.807) is 16.7 Å². The van der Waals surface area contributed by atoms with Crippen molar-refractivity contribution in [2.45, 2.75) is 43.3 Å². The molecular weight excluding hydrogens is 300 g/mol. The Hall–Kier alpha value is -1.69. The smallest absolute Gasteiger partial charge is 0.410 e. The standard InChI is InChI=1S/C16H20N2O3S/c1-16(2,3)21-15(19)18-9-8-11(10-18)22-14-17-12-6-4-5-7-13(12)20-14/h4-7,11H,8-10H2,1-3H3/t11-/m0/s1.